The Kier molecular flexibility index (Phi) is 8.44. The third kappa shape index (κ3) is 6.87. The Morgan fingerprint density at radius 3 is 2.00 bits per heavy atom. The molecule has 132 valence electrons. The van der Waals surface area contributed by atoms with E-state index in [2.05, 4.69) is 5.32 Å². The number of nitrogens with one attached hydrogen (secondary N) is 1. The van der Waals surface area contributed by atoms with Gasteiger partial charge in [-0.05, 0) is 18.8 Å². The quantitative estimate of drug-likeness (QED) is 0.245. The maximum Gasteiger partial charge on any atom is 0.369 e. The fourth-order valence-electron chi connectivity index (χ4n) is 1.77. The monoisotopic (exact) mass is 361 g/mol. The molecule has 0 radical (unpaired) electrons. The van der Waals surface area contributed by atoms with E-state index in [-0.39, 0.29) is 18.9 Å². The zero-order valence-corrected chi connectivity index (χ0v) is 14.5. The average Bonchev–Trinajstić information content (AvgIpc) is 2.31. The molecule has 0 aliphatic carbocycles. The Hall–Kier alpha value is -0.270. The molecule has 0 bridgehead atoms. The fraction of sp³-hybridized carbons (Fsp3) is 0.909. The first-order valence-corrected chi connectivity index (χ1v) is 10.1. The molecule has 0 rings (SSSR count). The van der Waals surface area contributed by atoms with Crippen LogP contribution in [0, 0.1) is 5.92 Å². The van der Waals surface area contributed by atoms with Crippen molar-refractivity contribution >= 4 is 21.1 Å². The molecule has 0 fully saturated rings. The molecule has 0 heterocycles. The zero-order chi connectivity index (χ0) is 17.6. The number of aliphatic hydroxyl groups is 1. The van der Waals surface area contributed by atoms with E-state index in [1.54, 1.807) is 0 Å². The Morgan fingerprint density at radius 1 is 1.09 bits per heavy atom. The van der Waals surface area contributed by atoms with Crippen LogP contribution in [0.1, 0.15) is 46.0 Å². The molecule has 0 aromatic rings. The highest BCUT2D eigenvalue weighted by atomic mass is 31.2. The van der Waals surface area contributed by atoms with Crippen LogP contribution in [0.2, 0.25) is 0 Å². The fourth-order valence-corrected chi connectivity index (χ4v) is 4.03. The lowest BCUT2D eigenvalue weighted by Crippen LogP contribution is -2.31. The molecule has 22 heavy (non-hydrogen) atoms. The van der Waals surface area contributed by atoms with Gasteiger partial charge < -0.3 is 30.0 Å². The van der Waals surface area contributed by atoms with Crippen molar-refractivity contribution in [3.63, 3.8) is 0 Å². The van der Waals surface area contributed by atoms with Gasteiger partial charge in [-0.3, -0.25) is 13.9 Å². The van der Waals surface area contributed by atoms with Gasteiger partial charge >= 0.3 is 15.2 Å². The van der Waals surface area contributed by atoms with Crippen molar-refractivity contribution in [2.75, 3.05) is 6.54 Å². The van der Waals surface area contributed by atoms with E-state index in [9.17, 15) is 19.0 Å². The Bertz CT molecular complexity index is 433. The number of carbonyl (C=O) groups is 1. The normalized spacial score (nSPS) is 13.5. The van der Waals surface area contributed by atoms with E-state index in [0.717, 1.165) is 6.42 Å². The summed E-state index contributed by atoms with van der Waals surface area (Å²) in [4.78, 5) is 47.2. The van der Waals surface area contributed by atoms with Crippen LogP contribution in [-0.2, 0) is 13.9 Å². The van der Waals surface area contributed by atoms with Crippen molar-refractivity contribution in [2.24, 2.45) is 5.92 Å². The third-order valence-corrected chi connectivity index (χ3v) is 7.01. The molecule has 9 nitrogen and oxygen atoms in total. The van der Waals surface area contributed by atoms with Gasteiger partial charge in [-0.15, -0.1) is 0 Å². The number of rotatable bonds is 10. The van der Waals surface area contributed by atoms with E-state index < -0.39 is 26.7 Å². The molecule has 0 saturated heterocycles. The summed E-state index contributed by atoms with van der Waals surface area (Å²) in [5.74, 6) is 0.228. The van der Waals surface area contributed by atoms with Gasteiger partial charge in [0.2, 0.25) is 5.91 Å². The number of carbonyl (C=O) groups excluding carboxylic acids is 1. The third-order valence-electron chi connectivity index (χ3n) is 3.13. The van der Waals surface area contributed by atoms with Crippen LogP contribution in [-0.4, -0.2) is 42.2 Å². The summed E-state index contributed by atoms with van der Waals surface area (Å²) >= 11 is 0. The molecule has 0 aromatic heterocycles. The van der Waals surface area contributed by atoms with Gasteiger partial charge in [0.05, 0.1) is 0 Å². The predicted octanol–water partition coefficient (Wildman–Crippen LogP) is 0.711. The summed E-state index contributed by atoms with van der Waals surface area (Å²) in [6.45, 7) is 4.02. The van der Waals surface area contributed by atoms with E-state index in [1.807, 2.05) is 13.8 Å². The van der Waals surface area contributed by atoms with Gasteiger partial charge in [-0.1, -0.05) is 20.3 Å². The minimum absolute atomic E-state index is 0.0389. The van der Waals surface area contributed by atoms with Crippen LogP contribution in [0.5, 0.6) is 0 Å². The Labute approximate surface area is 129 Å². The topological polar surface area (TPSA) is 164 Å². The highest BCUT2D eigenvalue weighted by Crippen LogP contribution is 2.69. The summed E-state index contributed by atoms with van der Waals surface area (Å²) in [7, 11) is -10.8. The average molecular weight is 361 g/mol. The van der Waals surface area contributed by atoms with Gasteiger partial charge in [-0.2, -0.15) is 0 Å². The molecule has 0 unspecified atom stereocenters. The summed E-state index contributed by atoms with van der Waals surface area (Å²) < 4.78 is 22.2. The van der Waals surface area contributed by atoms with Crippen molar-refractivity contribution in [1.82, 2.24) is 5.32 Å². The van der Waals surface area contributed by atoms with Crippen molar-refractivity contribution in [3.05, 3.63) is 0 Å². The predicted molar refractivity (Wildman–Crippen MR) is 80.0 cm³/mol. The van der Waals surface area contributed by atoms with Crippen LogP contribution >= 0.6 is 15.2 Å². The molecule has 0 saturated carbocycles. The first kappa shape index (κ1) is 21.7. The first-order chi connectivity index (χ1) is 9.81. The number of hydrogen-bond donors (Lipinski definition) is 6. The van der Waals surface area contributed by atoms with Gasteiger partial charge in [0.25, 0.3) is 5.08 Å². The Balaban J connectivity index is 4.30. The summed E-state index contributed by atoms with van der Waals surface area (Å²) in [6, 6.07) is 0. The van der Waals surface area contributed by atoms with Gasteiger partial charge in [0.15, 0.2) is 0 Å². The summed E-state index contributed by atoms with van der Waals surface area (Å²) in [5, 5.41) is 8.67. The van der Waals surface area contributed by atoms with Crippen LogP contribution in [0.25, 0.3) is 0 Å². The number of hydrogen-bond acceptors (Lipinski definition) is 4. The van der Waals surface area contributed by atoms with E-state index in [0.29, 0.717) is 18.8 Å². The minimum Gasteiger partial charge on any atom is -0.368 e. The maximum absolute atomic E-state index is 11.5. The lowest BCUT2D eigenvalue weighted by atomic mass is 10.1. The second-order valence-corrected chi connectivity index (χ2v) is 9.61. The summed E-state index contributed by atoms with van der Waals surface area (Å²) in [5.41, 5.74) is 0. The molecular weight excluding hydrogens is 336 g/mol. The van der Waals surface area contributed by atoms with E-state index in [1.165, 1.54) is 0 Å². The molecule has 11 heteroatoms. The molecule has 0 aliphatic rings. The SMILES string of the molecule is CC(C)CCCC(=O)NCCCC(O)(P(=O)(O)O)P(=O)(O)O. The van der Waals surface area contributed by atoms with Crippen LogP contribution in [0.3, 0.4) is 0 Å². The van der Waals surface area contributed by atoms with Crippen molar-refractivity contribution in [2.45, 2.75) is 51.0 Å². The van der Waals surface area contributed by atoms with Gasteiger partial charge in [-0.25, -0.2) is 0 Å². The molecule has 0 aromatic carbocycles. The van der Waals surface area contributed by atoms with Crippen LogP contribution in [0.15, 0.2) is 0 Å². The smallest absolute Gasteiger partial charge is 0.368 e. The summed E-state index contributed by atoms with van der Waals surface area (Å²) in [6.07, 6.45) is 0.901. The molecule has 6 N–H and O–H groups in total. The second kappa shape index (κ2) is 8.55. The van der Waals surface area contributed by atoms with E-state index in [4.69, 9.17) is 19.6 Å². The molecular formula is C11H25NO8P2. The largest absolute Gasteiger partial charge is 0.369 e. The first-order valence-electron chi connectivity index (χ1n) is 6.91. The zero-order valence-electron chi connectivity index (χ0n) is 12.7. The standard InChI is InChI=1S/C11H25NO8P2/c1-9(2)5-3-6-10(13)12-8-4-7-11(14,21(15,16)17)22(18,19)20/h9,14H,3-8H2,1-2H3,(H,12,13)(H2,15,16,17)(H2,18,19,20). The lowest BCUT2D eigenvalue weighted by molar-refractivity contribution is -0.121. The second-order valence-electron chi connectivity index (χ2n) is 5.60. The van der Waals surface area contributed by atoms with Crippen molar-refractivity contribution < 1.29 is 38.6 Å². The lowest BCUT2D eigenvalue weighted by Gasteiger charge is -2.29. The molecule has 1 amide bonds. The highest BCUT2D eigenvalue weighted by Gasteiger charge is 2.58. The number of amides is 1. The minimum atomic E-state index is -5.42. The molecule has 0 atom stereocenters. The molecule has 0 spiro atoms. The van der Waals surface area contributed by atoms with Crippen LogP contribution < -0.4 is 5.32 Å². The van der Waals surface area contributed by atoms with Gasteiger partial charge in [0, 0.05) is 19.4 Å². The maximum atomic E-state index is 11.5. The van der Waals surface area contributed by atoms with Gasteiger partial charge in [0.1, 0.15) is 0 Å². The van der Waals surface area contributed by atoms with Crippen molar-refractivity contribution in [3.8, 4) is 0 Å². The van der Waals surface area contributed by atoms with Crippen molar-refractivity contribution in [1.29, 1.82) is 0 Å². The highest BCUT2D eigenvalue weighted by molar-refractivity contribution is 7.72. The molecule has 0 aliphatic heterocycles. The Morgan fingerprint density at radius 2 is 1.59 bits per heavy atom. The van der Waals surface area contributed by atoms with E-state index >= 15 is 0 Å². The van der Waals surface area contributed by atoms with Crippen LogP contribution in [0.4, 0.5) is 0 Å².